The summed E-state index contributed by atoms with van der Waals surface area (Å²) in [6.07, 6.45) is -4.74. The number of nitrogens with one attached hydrogen (secondary N) is 1. The molecule has 2 aromatic heterocycles. The highest BCUT2D eigenvalue weighted by molar-refractivity contribution is 7.20. The summed E-state index contributed by atoms with van der Waals surface area (Å²) >= 11 is 3.00. The molecule has 0 aliphatic heterocycles. The van der Waals surface area contributed by atoms with Crippen molar-refractivity contribution in [3.8, 4) is 15.6 Å². The molecule has 0 atom stereocenters. The van der Waals surface area contributed by atoms with Gasteiger partial charge in [0.1, 0.15) is 10.8 Å². The fourth-order valence-electron chi connectivity index (χ4n) is 2.04. The van der Waals surface area contributed by atoms with Crippen molar-refractivity contribution in [2.24, 2.45) is 0 Å². The largest absolute Gasteiger partial charge is 0.573 e. The molecular formula is C16H11F3N2O2S2. The van der Waals surface area contributed by atoms with Crippen LogP contribution in [0.25, 0.3) is 9.88 Å². The normalized spacial score (nSPS) is 11.3. The molecule has 130 valence electrons. The number of hydrogen-bond donors (Lipinski definition) is 1. The molecule has 1 N–H and O–H groups in total. The van der Waals surface area contributed by atoms with Gasteiger partial charge in [-0.1, -0.05) is 12.1 Å². The van der Waals surface area contributed by atoms with E-state index in [1.54, 1.807) is 16.7 Å². The highest BCUT2D eigenvalue weighted by Crippen LogP contribution is 2.28. The van der Waals surface area contributed by atoms with E-state index in [0.29, 0.717) is 5.69 Å². The predicted molar refractivity (Wildman–Crippen MR) is 90.9 cm³/mol. The number of anilines is 1. The molecule has 3 aromatic rings. The summed E-state index contributed by atoms with van der Waals surface area (Å²) in [5.74, 6) is -0.758. The van der Waals surface area contributed by atoms with Crippen LogP contribution < -0.4 is 10.1 Å². The third-order valence-electron chi connectivity index (χ3n) is 2.98. The molecule has 0 spiro atoms. The molecule has 0 unspecified atom stereocenters. The highest BCUT2D eigenvalue weighted by atomic mass is 32.1. The number of hydrogen-bond acceptors (Lipinski definition) is 5. The van der Waals surface area contributed by atoms with Gasteiger partial charge in [0.15, 0.2) is 0 Å². The molecule has 3 rings (SSSR count). The maximum absolute atomic E-state index is 12.2. The number of benzene rings is 1. The van der Waals surface area contributed by atoms with E-state index in [2.05, 4.69) is 15.0 Å². The molecular weight excluding hydrogens is 373 g/mol. The highest BCUT2D eigenvalue weighted by Gasteiger charge is 2.31. The van der Waals surface area contributed by atoms with Gasteiger partial charge in [0.25, 0.3) is 0 Å². The van der Waals surface area contributed by atoms with Crippen molar-refractivity contribution >= 4 is 34.3 Å². The van der Waals surface area contributed by atoms with Crippen LogP contribution in [0.1, 0.15) is 5.69 Å². The Morgan fingerprint density at radius 1 is 1.20 bits per heavy atom. The van der Waals surface area contributed by atoms with Gasteiger partial charge in [-0.05, 0) is 23.6 Å². The molecule has 0 fully saturated rings. The van der Waals surface area contributed by atoms with Crippen molar-refractivity contribution in [2.75, 3.05) is 5.32 Å². The zero-order valence-electron chi connectivity index (χ0n) is 12.5. The number of thiazole rings is 1. The van der Waals surface area contributed by atoms with Crippen LogP contribution in [0, 0.1) is 0 Å². The predicted octanol–water partition coefficient (Wildman–Crippen LogP) is 4.95. The fraction of sp³-hybridized carbons (Fsp3) is 0.125. The van der Waals surface area contributed by atoms with Crippen molar-refractivity contribution in [3.63, 3.8) is 0 Å². The number of ether oxygens (including phenoxy) is 1. The van der Waals surface area contributed by atoms with Crippen LogP contribution in [0.15, 0.2) is 47.2 Å². The van der Waals surface area contributed by atoms with Crippen molar-refractivity contribution in [1.29, 1.82) is 0 Å². The van der Waals surface area contributed by atoms with Gasteiger partial charge in [0.2, 0.25) is 5.91 Å². The van der Waals surface area contributed by atoms with E-state index >= 15 is 0 Å². The Morgan fingerprint density at radius 2 is 2.04 bits per heavy atom. The number of rotatable bonds is 5. The Bertz CT molecular complexity index is 860. The first-order valence-electron chi connectivity index (χ1n) is 7.03. The van der Waals surface area contributed by atoms with Gasteiger partial charge in [-0.15, -0.1) is 35.8 Å². The molecule has 0 bridgehead atoms. The van der Waals surface area contributed by atoms with Crippen molar-refractivity contribution in [1.82, 2.24) is 4.98 Å². The first-order chi connectivity index (χ1) is 11.9. The Morgan fingerprint density at radius 3 is 2.76 bits per heavy atom. The third kappa shape index (κ3) is 5.04. The van der Waals surface area contributed by atoms with Crippen LogP contribution in [0.2, 0.25) is 0 Å². The summed E-state index contributed by atoms with van der Waals surface area (Å²) < 4.78 is 40.5. The lowest BCUT2D eigenvalue weighted by Gasteiger charge is -2.10. The van der Waals surface area contributed by atoms with E-state index in [-0.39, 0.29) is 23.8 Å². The van der Waals surface area contributed by atoms with E-state index in [4.69, 9.17) is 0 Å². The molecule has 9 heteroatoms. The molecule has 4 nitrogen and oxygen atoms in total. The Labute approximate surface area is 148 Å². The first kappa shape index (κ1) is 17.4. The minimum Gasteiger partial charge on any atom is -0.406 e. The summed E-state index contributed by atoms with van der Waals surface area (Å²) in [7, 11) is 0. The van der Waals surface area contributed by atoms with Crippen LogP contribution >= 0.6 is 22.7 Å². The summed E-state index contributed by atoms with van der Waals surface area (Å²) in [6, 6.07) is 9.00. The van der Waals surface area contributed by atoms with E-state index < -0.39 is 6.36 Å². The Kier molecular flexibility index (Phi) is 5.05. The van der Waals surface area contributed by atoms with Crippen molar-refractivity contribution < 1.29 is 22.7 Å². The maximum atomic E-state index is 12.2. The summed E-state index contributed by atoms with van der Waals surface area (Å²) in [4.78, 5) is 17.5. The van der Waals surface area contributed by atoms with Gasteiger partial charge in [-0.3, -0.25) is 4.79 Å². The quantitative estimate of drug-likeness (QED) is 0.677. The average molecular weight is 384 g/mol. The number of carbonyl (C=O) groups excluding carboxylic acids is 1. The second kappa shape index (κ2) is 7.24. The third-order valence-corrected chi connectivity index (χ3v) is 4.91. The van der Waals surface area contributed by atoms with E-state index in [1.165, 1.54) is 23.5 Å². The first-order valence-corrected chi connectivity index (χ1v) is 8.79. The number of aromatic nitrogens is 1. The number of halogens is 3. The number of alkyl halides is 3. The van der Waals surface area contributed by atoms with Crippen LogP contribution in [-0.2, 0) is 11.2 Å². The second-order valence-electron chi connectivity index (χ2n) is 4.92. The number of nitrogens with zero attached hydrogens (tertiary/aromatic N) is 1. The lowest BCUT2D eigenvalue weighted by Crippen LogP contribution is -2.18. The molecule has 0 aliphatic rings. The minimum atomic E-state index is -4.78. The zero-order valence-corrected chi connectivity index (χ0v) is 14.2. The SMILES string of the molecule is O=C(Cc1csc(-c2cccs2)n1)Nc1cccc(OC(F)(F)F)c1. The summed E-state index contributed by atoms with van der Waals surface area (Å²) in [5, 5.41) is 7.11. The zero-order chi connectivity index (χ0) is 17.9. The van der Waals surface area contributed by atoms with E-state index in [9.17, 15) is 18.0 Å². The van der Waals surface area contributed by atoms with Gasteiger partial charge in [-0.25, -0.2) is 4.98 Å². The molecule has 25 heavy (non-hydrogen) atoms. The van der Waals surface area contributed by atoms with Crippen molar-refractivity contribution in [2.45, 2.75) is 12.8 Å². The molecule has 0 radical (unpaired) electrons. The van der Waals surface area contributed by atoms with E-state index in [1.807, 2.05) is 17.5 Å². The molecule has 0 saturated carbocycles. The molecule has 0 saturated heterocycles. The van der Waals surface area contributed by atoms with Gasteiger partial charge in [0.05, 0.1) is 17.0 Å². The number of thiophene rings is 1. The van der Waals surface area contributed by atoms with Gasteiger partial charge >= 0.3 is 6.36 Å². The topological polar surface area (TPSA) is 51.2 Å². The monoisotopic (exact) mass is 384 g/mol. The van der Waals surface area contributed by atoms with Crippen LogP contribution in [0.4, 0.5) is 18.9 Å². The summed E-state index contributed by atoms with van der Waals surface area (Å²) in [6.45, 7) is 0. The maximum Gasteiger partial charge on any atom is 0.573 e. The molecule has 1 aromatic carbocycles. The number of amides is 1. The molecule has 2 heterocycles. The standard InChI is InChI=1S/C16H11F3N2O2S2/c17-16(18,19)23-12-4-1-3-10(7-12)20-14(22)8-11-9-25-15(21-11)13-5-2-6-24-13/h1-7,9H,8H2,(H,20,22). The summed E-state index contributed by atoms with van der Waals surface area (Å²) in [5.41, 5.74) is 0.828. The van der Waals surface area contributed by atoms with Gasteiger partial charge in [0, 0.05) is 17.1 Å². The smallest absolute Gasteiger partial charge is 0.406 e. The van der Waals surface area contributed by atoms with Crippen LogP contribution in [-0.4, -0.2) is 17.3 Å². The molecule has 0 aliphatic carbocycles. The van der Waals surface area contributed by atoms with Crippen LogP contribution in [0.3, 0.4) is 0 Å². The fourth-order valence-corrected chi connectivity index (χ4v) is 3.68. The van der Waals surface area contributed by atoms with Crippen LogP contribution in [0.5, 0.6) is 5.75 Å². The van der Waals surface area contributed by atoms with Gasteiger partial charge < -0.3 is 10.1 Å². The Balaban J connectivity index is 1.62. The van der Waals surface area contributed by atoms with Gasteiger partial charge in [-0.2, -0.15) is 0 Å². The minimum absolute atomic E-state index is 0.0340. The lowest BCUT2D eigenvalue weighted by molar-refractivity contribution is -0.274. The van der Waals surface area contributed by atoms with E-state index in [0.717, 1.165) is 22.0 Å². The number of carbonyl (C=O) groups is 1. The second-order valence-corrected chi connectivity index (χ2v) is 6.73. The average Bonchev–Trinajstić information content (AvgIpc) is 3.16. The molecule has 1 amide bonds. The van der Waals surface area contributed by atoms with Crippen molar-refractivity contribution in [3.05, 3.63) is 52.9 Å². The lowest BCUT2D eigenvalue weighted by atomic mass is 10.2. The Hall–Kier alpha value is -2.39.